The standard InChI is InChI=1S/C15H24N4O4/c1-3-10-8-19(4-5-23-10)14(21)9-6-11-12(16-7-9)18(2)15(22)17-13(11)20/h9-12,16H,3-8H2,1-2H3,(H,17,20,22). The molecule has 3 fully saturated rings. The monoisotopic (exact) mass is 324 g/mol. The molecule has 3 rings (SSSR count). The summed E-state index contributed by atoms with van der Waals surface area (Å²) in [4.78, 5) is 39.8. The average molecular weight is 324 g/mol. The number of rotatable bonds is 2. The van der Waals surface area contributed by atoms with Crippen LogP contribution in [0.4, 0.5) is 4.79 Å². The number of hydrogen-bond donors (Lipinski definition) is 2. The number of nitrogens with zero attached hydrogens (tertiary/aromatic N) is 2. The van der Waals surface area contributed by atoms with E-state index >= 15 is 0 Å². The summed E-state index contributed by atoms with van der Waals surface area (Å²) in [5, 5.41) is 5.54. The van der Waals surface area contributed by atoms with E-state index in [1.54, 1.807) is 7.05 Å². The van der Waals surface area contributed by atoms with Gasteiger partial charge in [0.05, 0.1) is 30.7 Å². The molecule has 23 heavy (non-hydrogen) atoms. The van der Waals surface area contributed by atoms with Crippen molar-refractivity contribution in [1.82, 2.24) is 20.4 Å². The number of ether oxygens (including phenoxy) is 1. The lowest BCUT2D eigenvalue weighted by Crippen LogP contribution is -2.67. The van der Waals surface area contributed by atoms with Gasteiger partial charge >= 0.3 is 6.03 Å². The zero-order valence-corrected chi connectivity index (χ0v) is 13.6. The predicted octanol–water partition coefficient (Wildman–Crippen LogP) is -0.643. The second kappa shape index (κ2) is 6.45. The van der Waals surface area contributed by atoms with Gasteiger partial charge in [0.1, 0.15) is 0 Å². The first-order valence-electron chi connectivity index (χ1n) is 8.22. The highest BCUT2D eigenvalue weighted by atomic mass is 16.5. The predicted molar refractivity (Wildman–Crippen MR) is 81.3 cm³/mol. The number of piperidine rings is 1. The number of hydrogen-bond acceptors (Lipinski definition) is 5. The molecule has 8 nitrogen and oxygen atoms in total. The van der Waals surface area contributed by atoms with Crippen LogP contribution in [0.15, 0.2) is 0 Å². The molecule has 4 unspecified atom stereocenters. The van der Waals surface area contributed by atoms with E-state index in [1.807, 2.05) is 11.8 Å². The number of amides is 4. The number of morpholine rings is 1. The third-order valence-corrected chi connectivity index (χ3v) is 5.05. The first kappa shape index (κ1) is 16.2. The van der Waals surface area contributed by atoms with Crippen LogP contribution in [0.2, 0.25) is 0 Å². The molecule has 4 amide bonds. The maximum absolute atomic E-state index is 12.8. The first-order valence-corrected chi connectivity index (χ1v) is 8.22. The van der Waals surface area contributed by atoms with Crippen LogP contribution in [0.3, 0.4) is 0 Å². The van der Waals surface area contributed by atoms with Gasteiger partial charge in [-0.15, -0.1) is 0 Å². The molecule has 0 aromatic heterocycles. The minimum atomic E-state index is -0.396. The Morgan fingerprint density at radius 1 is 1.39 bits per heavy atom. The van der Waals surface area contributed by atoms with Gasteiger partial charge in [0.2, 0.25) is 11.8 Å². The largest absolute Gasteiger partial charge is 0.375 e. The summed E-state index contributed by atoms with van der Waals surface area (Å²) in [6.07, 6.45) is 1.12. The third-order valence-electron chi connectivity index (χ3n) is 5.05. The first-order chi connectivity index (χ1) is 11.0. The molecule has 4 atom stereocenters. The van der Waals surface area contributed by atoms with E-state index < -0.39 is 6.03 Å². The number of urea groups is 1. The van der Waals surface area contributed by atoms with E-state index in [4.69, 9.17) is 4.74 Å². The van der Waals surface area contributed by atoms with E-state index in [0.717, 1.165) is 6.42 Å². The zero-order valence-electron chi connectivity index (χ0n) is 13.6. The molecule has 0 aromatic carbocycles. The molecular weight excluding hydrogens is 300 g/mol. The minimum Gasteiger partial charge on any atom is -0.375 e. The van der Waals surface area contributed by atoms with Crippen LogP contribution in [0, 0.1) is 11.8 Å². The minimum absolute atomic E-state index is 0.0741. The van der Waals surface area contributed by atoms with E-state index in [0.29, 0.717) is 32.7 Å². The quantitative estimate of drug-likeness (QED) is 0.705. The highest BCUT2D eigenvalue weighted by molar-refractivity contribution is 5.98. The maximum atomic E-state index is 12.8. The Kier molecular flexibility index (Phi) is 4.54. The fraction of sp³-hybridized carbons (Fsp3) is 0.800. The van der Waals surface area contributed by atoms with E-state index in [-0.39, 0.29) is 35.9 Å². The van der Waals surface area contributed by atoms with Gasteiger partial charge in [-0.2, -0.15) is 0 Å². The van der Waals surface area contributed by atoms with Crippen molar-refractivity contribution in [3.05, 3.63) is 0 Å². The van der Waals surface area contributed by atoms with Crippen molar-refractivity contribution < 1.29 is 19.1 Å². The molecule has 3 aliphatic rings. The topological polar surface area (TPSA) is 91.0 Å². The van der Waals surface area contributed by atoms with E-state index in [2.05, 4.69) is 10.6 Å². The van der Waals surface area contributed by atoms with Crippen LogP contribution in [-0.4, -0.2) is 73.2 Å². The lowest BCUT2D eigenvalue weighted by molar-refractivity contribution is -0.146. The Morgan fingerprint density at radius 2 is 2.17 bits per heavy atom. The van der Waals surface area contributed by atoms with Crippen molar-refractivity contribution in [2.24, 2.45) is 11.8 Å². The van der Waals surface area contributed by atoms with Gasteiger partial charge in [-0.25, -0.2) is 4.79 Å². The van der Waals surface area contributed by atoms with Crippen LogP contribution in [0.25, 0.3) is 0 Å². The van der Waals surface area contributed by atoms with Crippen molar-refractivity contribution in [3.8, 4) is 0 Å². The summed E-state index contributed by atoms with van der Waals surface area (Å²) in [6, 6.07) is -0.396. The number of imide groups is 1. The molecule has 3 saturated heterocycles. The summed E-state index contributed by atoms with van der Waals surface area (Å²) >= 11 is 0. The third kappa shape index (κ3) is 3.05. The van der Waals surface area contributed by atoms with E-state index in [1.165, 1.54) is 4.90 Å². The molecule has 2 N–H and O–H groups in total. The van der Waals surface area contributed by atoms with Crippen LogP contribution >= 0.6 is 0 Å². The van der Waals surface area contributed by atoms with Crippen LogP contribution < -0.4 is 10.6 Å². The highest BCUT2D eigenvalue weighted by Crippen LogP contribution is 2.27. The molecule has 0 saturated carbocycles. The van der Waals surface area contributed by atoms with Crippen LogP contribution in [0.1, 0.15) is 19.8 Å². The van der Waals surface area contributed by atoms with Gasteiger partial charge < -0.3 is 14.5 Å². The zero-order chi connectivity index (χ0) is 16.6. The molecule has 0 radical (unpaired) electrons. The fourth-order valence-corrected chi connectivity index (χ4v) is 3.61. The normalized spacial score (nSPS) is 34.9. The lowest BCUT2D eigenvalue weighted by Gasteiger charge is -2.44. The Balaban J connectivity index is 1.65. The Bertz CT molecular complexity index is 512. The molecule has 3 aliphatic heterocycles. The molecule has 3 heterocycles. The summed E-state index contributed by atoms with van der Waals surface area (Å²) in [7, 11) is 1.66. The maximum Gasteiger partial charge on any atom is 0.325 e. The van der Waals surface area contributed by atoms with Crippen molar-refractivity contribution in [1.29, 1.82) is 0 Å². The van der Waals surface area contributed by atoms with Crippen LogP contribution in [-0.2, 0) is 14.3 Å². The molecule has 0 spiro atoms. The molecular formula is C15H24N4O4. The Labute approximate surface area is 135 Å². The van der Waals surface area contributed by atoms with Gasteiger partial charge in [0, 0.05) is 26.7 Å². The van der Waals surface area contributed by atoms with Gasteiger partial charge in [-0.3, -0.25) is 20.2 Å². The van der Waals surface area contributed by atoms with Gasteiger partial charge in [0.25, 0.3) is 0 Å². The average Bonchev–Trinajstić information content (AvgIpc) is 2.58. The Morgan fingerprint density at radius 3 is 2.91 bits per heavy atom. The SMILES string of the molecule is CCC1CN(C(=O)C2CNC3C(C2)C(=O)NC(=O)N3C)CCO1. The number of carbonyl (C=O) groups excluding carboxylic acids is 3. The second-order valence-electron chi connectivity index (χ2n) is 6.48. The number of nitrogens with one attached hydrogen (secondary N) is 2. The molecule has 0 aliphatic carbocycles. The molecule has 0 bridgehead atoms. The Hall–Kier alpha value is -1.67. The van der Waals surface area contributed by atoms with Gasteiger partial charge in [-0.05, 0) is 12.8 Å². The van der Waals surface area contributed by atoms with Gasteiger partial charge in [0.15, 0.2) is 0 Å². The van der Waals surface area contributed by atoms with Crippen LogP contribution in [0.5, 0.6) is 0 Å². The summed E-state index contributed by atoms with van der Waals surface area (Å²) in [5.41, 5.74) is 0. The summed E-state index contributed by atoms with van der Waals surface area (Å²) in [6.45, 7) is 4.31. The second-order valence-corrected chi connectivity index (χ2v) is 6.48. The molecule has 128 valence electrons. The van der Waals surface area contributed by atoms with Crippen molar-refractivity contribution in [2.75, 3.05) is 33.3 Å². The summed E-state index contributed by atoms with van der Waals surface area (Å²) < 4.78 is 5.61. The van der Waals surface area contributed by atoms with Crippen molar-refractivity contribution in [3.63, 3.8) is 0 Å². The lowest BCUT2D eigenvalue weighted by atomic mass is 9.85. The fourth-order valence-electron chi connectivity index (χ4n) is 3.61. The summed E-state index contributed by atoms with van der Waals surface area (Å²) in [5.74, 6) is -0.843. The smallest absolute Gasteiger partial charge is 0.325 e. The molecule has 8 heteroatoms. The number of fused-ring (bicyclic) bond motifs is 1. The van der Waals surface area contributed by atoms with Gasteiger partial charge in [-0.1, -0.05) is 6.92 Å². The van der Waals surface area contributed by atoms with Crippen molar-refractivity contribution in [2.45, 2.75) is 32.0 Å². The molecule has 0 aromatic rings. The van der Waals surface area contributed by atoms with E-state index in [9.17, 15) is 14.4 Å². The van der Waals surface area contributed by atoms with Crippen molar-refractivity contribution >= 4 is 17.8 Å². The highest BCUT2D eigenvalue weighted by Gasteiger charge is 2.45. The number of carbonyl (C=O) groups is 3.